The topological polar surface area (TPSA) is 62.8 Å². The molecule has 6 nitrogen and oxygen atoms in total. The maximum Gasteiger partial charge on any atom is 0.320 e. The molecule has 0 aromatic rings. The van der Waals surface area contributed by atoms with Gasteiger partial charge < -0.3 is 20.1 Å². The number of carbonyl (C=O) groups is 1. The quantitative estimate of drug-likeness (QED) is 0.688. The first-order valence-electron chi connectivity index (χ1n) is 7.41. The number of hydrogen-bond acceptors (Lipinski definition) is 6. The van der Waals surface area contributed by atoms with Gasteiger partial charge in [0.2, 0.25) is 0 Å². The number of nitrogens with zero attached hydrogens (tertiary/aromatic N) is 1. The van der Waals surface area contributed by atoms with Crippen LogP contribution in [0.15, 0.2) is 0 Å². The molecule has 0 unspecified atom stereocenters. The average molecular weight is 287 g/mol. The lowest BCUT2D eigenvalue weighted by Gasteiger charge is -2.25. The van der Waals surface area contributed by atoms with Gasteiger partial charge in [-0.15, -0.1) is 0 Å². The van der Waals surface area contributed by atoms with Crippen molar-refractivity contribution in [2.75, 3.05) is 59.0 Å². The Bertz CT molecular complexity index is 267. The third-order valence-corrected chi connectivity index (χ3v) is 2.83. The first-order valence-corrected chi connectivity index (χ1v) is 7.41. The van der Waals surface area contributed by atoms with Crippen LogP contribution in [0.3, 0.4) is 0 Å². The summed E-state index contributed by atoms with van der Waals surface area (Å²) in [6.07, 6.45) is 0. The predicted octanol–water partition coefficient (Wildman–Crippen LogP) is -0.160. The Morgan fingerprint density at radius 1 is 1.10 bits per heavy atom. The average Bonchev–Trinajstić information content (AvgIpc) is 2.30. The lowest BCUT2D eigenvalue weighted by Crippen LogP contribution is -2.42. The summed E-state index contributed by atoms with van der Waals surface area (Å²) in [4.78, 5) is 14.0. The minimum absolute atomic E-state index is 0.159. The zero-order valence-corrected chi connectivity index (χ0v) is 13.0. The van der Waals surface area contributed by atoms with Crippen molar-refractivity contribution < 1.29 is 14.3 Å². The van der Waals surface area contributed by atoms with Crippen LogP contribution in [0, 0.1) is 0 Å². The largest absolute Gasteiger partial charge is 0.459 e. The van der Waals surface area contributed by atoms with Gasteiger partial charge in [-0.25, -0.2) is 0 Å². The Balaban J connectivity index is 2.36. The molecule has 0 saturated carbocycles. The minimum atomic E-state index is -0.419. The molecule has 0 amide bonds. The summed E-state index contributed by atoms with van der Waals surface area (Å²) in [5.41, 5.74) is -0.419. The van der Waals surface area contributed by atoms with E-state index in [1.165, 1.54) is 0 Å². The number of hydrogen-bond donors (Lipinski definition) is 2. The molecule has 0 aliphatic carbocycles. The highest BCUT2D eigenvalue weighted by atomic mass is 16.6. The minimum Gasteiger partial charge on any atom is -0.459 e. The summed E-state index contributed by atoms with van der Waals surface area (Å²) in [5, 5.41) is 6.63. The zero-order chi connectivity index (χ0) is 14.8. The van der Waals surface area contributed by atoms with Crippen LogP contribution in [0.1, 0.15) is 20.8 Å². The second-order valence-corrected chi connectivity index (χ2v) is 5.97. The van der Waals surface area contributed by atoms with E-state index in [0.29, 0.717) is 6.54 Å². The van der Waals surface area contributed by atoms with Crippen molar-refractivity contribution >= 4 is 5.97 Å². The van der Waals surface area contributed by atoms with Gasteiger partial charge in [0.15, 0.2) is 0 Å². The van der Waals surface area contributed by atoms with Crippen LogP contribution in [0.25, 0.3) is 0 Å². The summed E-state index contributed by atoms with van der Waals surface area (Å²) in [5.74, 6) is -0.159. The Morgan fingerprint density at radius 2 is 1.65 bits per heavy atom. The van der Waals surface area contributed by atoms with Crippen LogP contribution in [0.5, 0.6) is 0 Å². The number of rotatable bonds is 2. The smallest absolute Gasteiger partial charge is 0.320 e. The monoisotopic (exact) mass is 287 g/mol. The van der Waals surface area contributed by atoms with Gasteiger partial charge in [0.05, 0.1) is 19.8 Å². The Labute approximate surface area is 122 Å². The van der Waals surface area contributed by atoms with Crippen molar-refractivity contribution in [3.8, 4) is 0 Å². The number of carbonyl (C=O) groups excluding carboxylic acids is 1. The highest BCUT2D eigenvalue weighted by Gasteiger charge is 2.18. The van der Waals surface area contributed by atoms with Crippen molar-refractivity contribution in [2.45, 2.75) is 26.4 Å². The fourth-order valence-electron chi connectivity index (χ4n) is 1.94. The van der Waals surface area contributed by atoms with Crippen LogP contribution in [0.4, 0.5) is 0 Å². The van der Waals surface area contributed by atoms with Gasteiger partial charge in [0, 0.05) is 39.3 Å². The van der Waals surface area contributed by atoms with Crippen LogP contribution < -0.4 is 10.6 Å². The summed E-state index contributed by atoms with van der Waals surface area (Å²) in [7, 11) is 0. The molecule has 1 aliphatic heterocycles. The van der Waals surface area contributed by atoms with Crippen molar-refractivity contribution in [3.63, 3.8) is 0 Å². The molecule has 118 valence electrons. The van der Waals surface area contributed by atoms with E-state index in [0.717, 1.165) is 52.5 Å². The fourth-order valence-corrected chi connectivity index (χ4v) is 1.94. The molecular formula is C14H29N3O3. The first kappa shape index (κ1) is 17.4. The second kappa shape index (κ2) is 9.28. The fraction of sp³-hybridized carbons (Fsp3) is 0.929. The molecule has 0 atom stereocenters. The van der Waals surface area contributed by atoms with Crippen LogP contribution in [0.2, 0.25) is 0 Å². The maximum absolute atomic E-state index is 11.9. The highest BCUT2D eigenvalue weighted by Crippen LogP contribution is 2.07. The van der Waals surface area contributed by atoms with Crippen LogP contribution >= 0.6 is 0 Å². The van der Waals surface area contributed by atoms with Crippen molar-refractivity contribution in [3.05, 3.63) is 0 Å². The maximum atomic E-state index is 11.9. The van der Waals surface area contributed by atoms with Gasteiger partial charge in [0.1, 0.15) is 5.60 Å². The molecule has 1 saturated heterocycles. The highest BCUT2D eigenvalue weighted by molar-refractivity contribution is 5.72. The molecular weight excluding hydrogens is 258 g/mol. The van der Waals surface area contributed by atoms with E-state index < -0.39 is 5.60 Å². The van der Waals surface area contributed by atoms with E-state index in [-0.39, 0.29) is 5.97 Å². The van der Waals surface area contributed by atoms with E-state index in [1.54, 1.807) is 0 Å². The number of esters is 1. The molecule has 2 N–H and O–H groups in total. The number of ether oxygens (including phenoxy) is 2. The Kier molecular flexibility index (Phi) is 8.06. The van der Waals surface area contributed by atoms with E-state index in [9.17, 15) is 4.79 Å². The molecule has 0 spiro atoms. The van der Waals surface area contributed by atoms with Gasteiger partial charge in [-0.1, -0.05) is 0 Å². The van der Waals surface area contributed by atoms with Gasteiger partial charge in [-0.3, -0.25) is 9.69 Å². The molecule has 0 aromatic carbocycles. The molecule has 0 bridgehead atoms. The summed E-state index contributed by atoms with van der Waals surface area (Å²) < 4.78 is 10.8. The molecule has 1 fully saturated rings. The third-order valence-electron chi connectivity index (χ3n) is 2.83. The van der Waals surface area contributed by atoms with Crippen LogP contribution in [-0.2, 0) is 14.3 Å². The van der Waals surface area contributed by atoms with Gasteiger partial charge in [-0.05, 0) is 20.8 Å². The SMILES string of the molecule is CC(C)(C)OC(=O)CN1CCNCCOCCNCC1. The number of nitrogens with one attached hydrogen (secondary N) is 2. The van der Waals surface area contributed by atoms with Crippen molar-refractivity contribution in [1.29, 1.82) is 0 Å². The molecule has 0 radical (unpaired) electrons. The summed E-state index contributed by atoms with van der Waals surface area (Å²) >= 11 is 0. The Morgan fingerprint density at radius 3 is 2.15 bits per heavy atom. The third kappa shape index (κ3) is 9.25. The standard InChI is InChI=1S/C14H29N3O3/c1-14(2,3)20-13(18)12-17-8-4-15-6-10-19-11-7-16-5-9-17/h15-16H,4-12H2,1-3H3. The lowest BCUT2D eigenvalue weighted by molar-refractivity contribution is -0.156. The van der Waals surface area contributed by atoms with Crippen molar-refractivity contribution in [2.24, 2.45) is 0 Å². The lowest BCUT2D eigenvalue weighted by atomic mass is 10.2. The predicted molar refractivity (Wildman–Crippen MR) is 78.8 cm³/mol. The van der Waals surface area contributed by atoms with E-state index >= 15 is 0 Å². The Hall–Kier alpha value is -0.690. The molecule has 0 aromatic heterocycles. The van der Waals surface area contributed by atoms with Gasteiger partial charge in [0.25, 0.3) is 0 Å². The molecule has 1 rings (SSSR count). The first-order chi connectivity index (χ1) is 9.47. The molecule has 1 heterocycles. The molecule has 20 heavy (non-hydrogen) atoms. The van der Waals surface area contributed by atoms with E-state index in [4.69, 9.17) is 9.47 Å². The molecule has 6 heteroatoms. The normalized spacial score (nSPS) is 20.8. The van der Waals surface area contributed by atoms with E-state index in [1.807, 2.05) is 20.8 Å². The molecule has 1 aliphatic rings. The second-order valence-electron chi connectivity index (χ2n) is 5.97. The summed E-state index contributed by atoms with van der Waals surface area (Å²) in [6, 6.07) is 0. The zero-order valence-electron chi connectivity index (χ0n) is 13.0. The van der Waals surface area contributed by atoms with Crippen LogP contribution in [-0.4, -0.2) is 75.5 Å². The van der Waals surface area contributed by atoms with E-state index in [2.05, 4.69) is 15.5 Å². The van der Waals surface area contributed by atoms with Crippen molar-refractivity contribution in [1.82, 2.24) is 15.5 Å². The van der Waals surface area contributed by atoms with Gasteiger partial charge >= 0.3 is 5.97 Å². The van der Waals surface area contributed by atoms with Gasteiger partial charge in [-0.2, -0.15) is 0 Å². The summed E-state index contributed by atoms with van der Waals surface area (Å²) in [6.45, 7) is 12.6.